The van der Waals surface area contributed by atoms with Gasteiger partial charge in [-0.1, -0.05) is 11.6 Å². The van der Waals surface area contributed by atoms with Gasteiger partial charge in [-0.3, -0.25) is 4.79 Å². The number of benzene rings is 1. The van der Waals surface area contributed by atoms with E-state index in [0.717, 1.165) is 11.8 Å². The number of hydrogen-bond donors (Lipinski definition) is 2. The van der Waals surface area contributed by atoms with E-state index in [-0.39, 0.29) is 11.7 Å². The number of nitrogens with one attached hydrogen (secondary N) is 1. The summed E-state index contributed by atoms with van der Waals surface area (Å²) < 4.78 is 12.7. The van der Waals surface area contributed by atoms with Crippen LogP contribution in [0.25, 0.3) is 0 Å². The molecule has 0 spiro atoms. The number of anilines is 2. The van der Waals surface area contributed by atoms with Gasteiger partial charge in [-0.15, -0.1) is 0 Å². The molecule has 4 nitrogen and oxygen atoms in total. The van der Waals surface area contributed by atoms with Crippen LogP contribution in [0.3, 0.4) is 0 Å². The summed E-state index contributed by atoms with van der Waals surface area (Å²) in [4.78, 5) is 15.7. The molecule has 1 aromatic carbocycles. The highest BCUT2D eigenvalue weighted by atomic mass is 19.1. The zero-order valence-corrected chi connectivity index (χ0v) is 9.77. The lowest BCUT2D eigenvalue weighted by atomic mass is 10.1. The Labute approximate surface area is 104 Å². The number of pyridine rings is 1. The van der Waals surface area contributed by atoms with E-state index in [1.807, 2.05) is 13.0 Å². The third kappa shape index (κ3) is 2.63. The maximum Gasteiger partial charge on any atom is 0.258 e. The number of amides is 1. The number of nitrogens with two attached hydrogens (primary N) is 1. The highest BCUT2D eigenvalue weighted by molar-refractivity contribution is 6.07. The number of halogens is 1. The normalized spacial score (nSPS) is 10.1. The molecule has 1 amide bonds. The number of aryl methyl sites for hydroxylation is 1. The molecule has 0 aliphatic carbocycles. The zero-order chi connectivity index (χ0) is 13.1. The second-order valence-corrected chi connectivity index (χ2v) is 3.91. The van der Waals surface area contributed by atoms with E-state index >= 15 is 0 Å². The van der Waals surface area contributed by atoms with Crippen LogP contribution in [-0.4, -0.2) is 10.9 Å². The molecular weight excluding hydrogens is 233 g/mol. The van der Waals surface area contributed by atoms with Crippen LogP contribution in [0.2, 0.25) is 0 Å². The lowest BCUT2D eigenvalue weighted by molar-refractivity contribution is 0.102. The second-order valence-electron chi connectivity index (χ2n) is 3.91. The molecule has 0 aliphatic heterocycles. The topological polar surface area (TPSA) is 68.0 Å². The van der Waals surface area contributed by atoms with Crippen LogP contribution in [0.4, 0.5) is 15.9 Å². The van der Waals surface area contributed by atoms with Gasteiger partial charge >= 0.3 is 0 Å². The number of hydrogen-bond acceptors (Lipinski definition) is 3. The summed E-state index contributed by atoms with van der Waals surface area (Å²) in [5, 5.41) is 2.56. The molecule has 0 bridgehead atoms. The maximum atomic E-state index is 12.7. The summed E-state index contributed by atoms with van der Waals surface area (Å²) in [5.74, 6) is -0.541. The average molecular weight is 245 g/mol. The Bertz CT molecular complexity index is 581. The Hall–Kier alpha value is -2.43. The fourth-order valence-corrected chi connectivity index (χ4v) is 1.50. The minimum absolute atomic E-state index is 0.280. The van der Waals surface area contributed by atoms with E-state index in [1.54, 1.807) is 12.1 Å². The molecule has 0 atom stereocenters. The van der Waals surface area contributed by atoms with Gasteiger partial charge in [0.05, 0.1) is 11.8 Å². The molecule has 3 N–H and O–H groups in total. The Morgan fingerprint density at radius 2 is 2.11 bits per heavy atom. The van der Waals surface area contributed by atoms with Crippen LogP contribution in [0.5, 0.6) is 0 Å². The van der Waals surface area contributed by atoms with E-state index in [4.69, 9.17) is 5.73 Å². The van der Waals surface area contributed by atoms with Gasteiger partial charge in [-0.25, -0.2) is 9.37 Å². The molecule has 0 radical (unpaired) electrons. The van der Waals surface area contributed by atoms with Gasteiger partial charge < -0.3 is 11.1 Å². The highest BCUT2D eigenvalue weighted by Gasteiger charge is 2.10. The number of nitrogen functional groups attached to an aromatic ring is 1. The van der Waals surface area contributed by atoms with Gasteiger partial charge in [0, 0.05) is 5.69 Å². The predicted octanol–water partition coefficient (Wildman–Crippen LogP) is 2.36. The van der Waals surface area contributed by atoms with E-state index in [9.17, 15) is 9.18 Å². The van der Waals surface area contributed by atoms with Gasteiger partial charge in [-0.2, -0.15) is 0 Å². The molecule has 18 heavy (non-hydrogen) atoms. The smallest absolute Gasteiger partial charge is 0.258 e. The first-order valence-corrected chi connectivity index (χ1v) is 5.35. The number of aromatic nitrogens is 1. The number of carbonyl (C=O) groups is 1. The van der Waals surface area contributed by atoms with Gasteiger partial charge in [0.2, 0.25) is 0 Å². The van der Waals surface area contributed by atoms with Gasteiger partial charge in [0.1, 0.15) is 11.6 Å². The molecule has 0 saturated heterocycles. The zero-order valence-electron chi connectivity index (χ0n) is 9.77. The molecule has 0 unspecified atom stereocenters. The summed E-state index contributed by atoms with van der Waals surface area (Å²) in [6.45, 7) is 1.87. The first-order chi connectivity index (χ1) is 8.56. The van der Waals surface area contributed by atoms with E-state index in [2.05, 4.69) is 10.3 Å². The minimum atomic E-state index is -0.455. The molecule has 92 valence electrons. The Morgan fingerprint density at radius 1 is 1.33 bits per heavy atom. The Morgan fingerprint density at radius 3 is 2.78 bits per heavy atom. The number of rotatable bonds is 2. The van der Waals surface area contributed by atoms with Crippen LogP contribution in [0.15, 0.2) is 36.5 Å². The van der Waals surface area contributed by atoms with Crippen molar-refractivity contribution in [3.05, 3.63) is 53.5 Å². The summed E-state index contributed by atoms with van der Waals surface area (Å²) in [6, 6.07) is 7.79. The second kappa shape index (κ2) is 4.83. The van der Waals surface area contributed by atoms with Crippen molar-refractivity contribution in [2.75, 3.05) is 11.1 Å². The van der Waals surface area contributed by atoms with Crippen LogP contribution in [-0.2, 0) is 0 Å². The summed E-state index contributed by atoms with van der Waals surface area (Å²) in [5.41, 5.74) is 7.42. The molecule has 5 heteroatoms. The van der Waals surface area contributed by atoms with Crippen LogP contribution in [0.1, 0.15) is 15.9 Å². The standard InChI is InChI=1S/C13H12FN3O/c1-8-2-4-11(15)10(6-8)13(18)17-12-5-3-9(14)7-16-12/h2-7H,15H2,1H3,(H,16,17,18). The molecule has 0 fully saturated rings. The predicted molar refractivity (Wildman–Crippen MR) is 67.7 cm³/mol. The van der Waals surface area contributed by atoms with Crippen molar-refractivity contribution < 1.29 is 9.18 Å². The quantitative estimate of drug-likeness (QED) is 0.798. The monoisotopic (exact) mass is 245 g/mol. The van der Waals surface area contributed by atoms with Crippen molar-refractivity contribution >= 4 is 17.4 Å². The molecule has 2 rings (SSSR count). The van der Waals surface area contributed by atoms with Gasteiger partial charge in [0.15, 0.2) is 0 Å². The maximum absolute atomic E-state index is 12.7. The van der Waals surface area contributed by atoms with E-state index < -0.39 is 5.82 Å². The number of nitrogens with zero attached hydrogens (tertiary/aromatic N) is 1. The van der Waals surface area contributed by atoms with Crippen molar-refractivity contribution in [2.45, 2.75) is 6.92 Å². The first-order valence-electron chi connectivity index (χ1n) is 5.35. The number of carbonyl (C=O) groups excluding carboxylic acids is 1. The van der Waals surface area contributed by atoms with Crippen molar-refractivity contribution in [3.63, 3.8) is 0 Å². The molecular formula is C13H12FN3O. The van der Waals surface area contributed by atoms with Crippen LogP contribution in [0, 0.1) is 12.7 Å². The largest absolute Gasteiger partial charge is 0.398 e. The Kier molecular flexibility index (Phi) is 3.23. The third-order valence-electron chi connectivity index (χ3n) is 2.42. The van der Waals surface area contributed by atoms with Crippen molar-refractivity contribution in [2.24, 2.45) is 0 Å². The van der Waals surface area contributed by atoms with E-state index in [1.165, 1.54) is 12.1 Å². The Balaban J connectivity index is 2.21. The lowest BCUT2D eigenvalue weighted by Gasteiger charge is -2.07. The van der Waals surface area contributed by atoms with Crippen molar-refractivity contribution in [1.82, 2.24) is 4.98 Å². The molecule has 1 heterocycles. The van der Waals surface area contributed by atoms with Crippen molar-refractivity contribution in [3.8, 4) is 0 Å². The highest BCUT2D eigenvalue weighted by Crippen LogP contribution is 2.15. The molecule has 1 aromatic heterocycles. The summed E-state index contributed by atoms with van der Waals surface area (Å²) in [6.07, 6.45) is 1.04. The summed E-state index contributed by atoms with van der Waals surface area (Å²) in [7, 11) is 0. The summed E-state index contributed by atoms with van der Waals surface area (Å²) >= 11 is 0. The first kappa shape index (κ1) is 12.0. The van der Waals surface area contributed by atoms with Crippen LogP contribution < -0.4 is 11.1 Å². The third-order valence-corrected chi connectivity index (χ3v) is 2.42. The van der Waals surface area contributed by atoms with E-state index in [0.29, 0.717) is 11.3 Å². The fraction of sp³-hybridized carbons (Fsp3) is 0.0769. The fourth-order valence-electron chi connectivity index (χ4n) is 1.50. The van der Waals surface area contributed by atoms with Gasteiger partial charge in [0.25, 0.3) is 5.91 Å². The SMILES string of the molecule is Cc1ccc(N)c(C(=O)Nc2ccc(F)cn2)c1. The molecule has 0 aliphatic rings. The lowest BCUT2D eigenvalue weighted by Crippen LogP contribution is -2.15. The average Bonchev–Trinajstić information content (AvgIpc) is 2.35. The molecule has 2 aromatic rings. The molecule has 0 saturated carbocycles. The van der Waals surface area contributed by atoms with Gasteiger partial charge in [-0.05, 0) is 31.2 Å². The van der Waals surface area contributed by atoms with Crippen molar-refractivity contribution in [1.29, 1.82) is 0 Å². The minimum Gasteiger partial charge on any atom is -0.398 e. The van der Waals surface area contributed by atoms with Crippen LogP contribution >= 0.6 is 0 Å².